The van der Waals surface area contributed by atoms with E-state index in [1.165, 1.54) is 0 Å². The molecule has 2 aliphatic heterocycles. The normalized spacial score (nSPS) is 17.3. The van der Waals surface area contributed by atoms with Crippen LogP contribution >= 0.6 is 15.9 Å². The zero-order valence-corrected chi connectivity index (χ0v) is 18.8. The Balaban J connectivity index is 1.25. The molecule has 2 aliphatic rings. The van der Waals surface area contributed by atoms with E-state index >= 15 is 0 Å². The average molecular weight is 480 g/mol. The average Bonchev–Trinajstić information content (AvgIpc) is 3.19. The van der Waals surface area contributed by atoms with Gasteiger partial charge in [-0.15, -0.1) is 0 Å². The Labute approximate surface area is 183 Å². The van der Waals surface area contributed by atoms with E-state index in [0.29, 0.717) is 49.4 Å². The molecule has 162 valence electrons. The lowest BCUT2D eigenvalue weighted by atomic mass is 10.2. The van der Waals surface area contributed by atoms with Crippen LogP contribution in [0.2, 0.25) is 0 Å². The van der Waals surface area contributed by atoms with Gasteiger partial charge < -0.3 is 19.3 Å². The number of nitrogens with one attached hydrogen (secondary N) is 1. The molecule has 1 aromatic carbocycles. The Kier molecular flexibility index (Phi) is 6.55. The second-order valence-electron chi connectivity index (χ2n) is 7.78. The molecular formula is C20H26BrN5O4. The number of ether oxygens (including phenoxy) is 2. The van der Waals surface area contributed by atoms with Crippen LogP contribution in [0.3, 0.4) is 0 Å². The van der Waals surface area contributed by atoms with Gasteiger partial charge in [-0.25, -0.2) is 0 Å². The number of aromatic nitrogens is 2. The molecule has 4 rings (SSSR count). The van der Waals surface area contributed by atoms with Crippen molar-refractivity contribution in [2.24, 2.45) is 0 Å². The molecule has 2 aromatic rings. The quantitative estimate of drug-likeness (QED) is 0.675. The van der Waals surface area contributed by atoms with E-state index in [0.717, 1.165) is 36.5 Å². The van der Waals surface area contributed by atoms with Gasteiger partial charge in [0.25, 0.3) is 0 Å². The third-order valence-corrected chi connectivity index (χ3v) is 5.75. The number of carbonyl (C=O) groups excluding carboxylic acids is 1. The number of hydrogen-bond donors (Lipinski definition) is 1. The topological polar surface area (TPSA) is 93.0 Å². The third-order valence-electron chi connectivity index (χ3n) is 5.10. The number of hydrogen-bond acceptors (Lipinski definition) is 8. The molecule has 30 heavy (non-hydrogen) atoms. The van der Waals surface area contributed by atoms with Crippen molar-refractivity contribution >= 4 is 27.5 Å². The number of benzene rings is 1. The monoisotopic (exact) mass is 479 g/mol. The van der Waals surface area contributed by atoms with Gasteiger partial charge in [0.2, 0.25) is 11.8 Å². The predicted octanol–water partition coefficient (Wildman–Crippen LogP) is 2.48. The molecule has 0 spiro atoms. The molecule has 1 saturated heterocycles. The van der Waals surface area contributed by atoms with Crippen LogP contribution in [0.25, 0.3) is 0 Å². The van der Waals surface area contributed by atoms with E-state index in [-0.39, 0.29) is 11.8 Å². The van der Waals surface area contributed by atoms with E-state index in [9.17, 15) is 4.79 Å². The molecule has 1 amide bonds. The number of anilines is 1. The molecular weight excluding hydrogens is 454 g/mol. The maximum atomic E-state index is 12.5. The summed E-state index contributed by atoms with van der Waals surface area (Å²) in [5.74, 6) is 2.92. The summed E-state index contributed by atoms with van der Waals surface area (Å²) in [6.07, 6.45) is 0. The fraction of sp³-hybridized carbons (Fsp3) is 0.550. The summed E-state index contributed by atoms with van der Waals surface area (Å²) in [6.45, 7) is 9.42. The van der Waals surface area contributed by atoms with Gasteiger partial charge in [0, 0.05) is 48.7 Å². The molecule has 0 saturated carbocycles. The Hall–Kier alpha value is -2.17. The molecule has 1 N–H and O–H groups in total. The number of rotatable bonds is 6. The largest absolute Gasteiger partial charge is 0.486 e. The van der Waals surface area contributed by atoms with E-state index in [1.54, 1.807) is 6.07 Å². The first kappa shape index (κ1) is 21.1. The summed E-state index contributed by atoms with van der Waals surface area (Å²) in [7, 11) is 0. The molecule has 0 atom stereocenters. The maximum Gasteiger partial charge on any atom is 0.240 e. The SMILES string of the molecule is CC(C)c1noc(CN2CCN(CC(=O)Nc3cc4c(cc3Br)OCCO4)CC2)n1. The van der Waals surface area contributed by atoms with Crippen molar-refractivity contribution in [2.75, 3.05) is 51.3 Å². The molecule has 1 fully saturated rings. The summed E-state index contributed by atoms with van der Waals surface area (Å²) in [4.78, 5) is 21.4. The van der Waals surface area contributed by atoms with E-state index in [4.69, 9.17) is 14.0 Å². The molecule has 10 heteroatoms. The molecule has 0 aliphatic carbocycles. The lowest BCUT2D eigenvalue weighted by Gasteiger charge is -2.33. The third kappa shape index (κ3) is 5.11. The summed E-state index contributed by atoms with van der Waals surface area (Å²) >= 11 is 3.49. The molecule has 0 bridgehead atoms. The second-order valence-corrected chi connectivity index (χ2v) is 8.63. The van der Waals surface area contributed by atoms with Gasteiger partial charge in [-0.3, -0.25) is 14.6 Å². The molecule has 9 nitrogen and oxygen atoms in total. The highest BCUT2D eigenvalue weighted by molar-refractivity contribution is 9.10. The van der Waals surface area contributed by atoms with Crippen LogP contribution in [-0.2, 0) is 11.3 Å². The Morgan fingerprint density at radius 2 is 1.80 bits per heavy atom. The molecule has 3 heterocycles. The lowest BCUT2D eigenvalue weighted by Crippen LogP contribution is -2.48. The molecule has 0 unspecified atom stereocenters. The minimum atomic E-state index is -0.0562. The molecule has 1 aromatic heterocycles. The van der Waals surface area contributed by atoms with Gasteiger partial charge in [0.15, 0.2) is 17.3 Å². The van der Waals surface area contributed by atoms with Crippen molar-refractivity contribution < 1.29 is 18.8 Å². The first-order chi connectivity index (χ1) is 14.5. The standard InChI is InChI=1S/C20H26BrN5O4/c1-13(2)20-23-19(30-24-20)12-26-5-3-25(4-6-26)11-18(27)22-15-10-17-16(9-14(15)21)28-7-8-29-17/h9-10,13H,3-8,11-12H2,1-2H3,(H,22,27). The first-order valence-electron chi connectivity index (χ1n) is 10.1. The first-order valence-corrected chi connectivity index (χ1v) is 10.9. The fourth-order valence-electron chi connectivity index (χ4n) is 3.42. The van der Waals surface area contributed by atoms with Gasteiger partial charge in [0.1, 0.15) is 13.2 Å². The summed E-state index contributed by atoms with van der Waals surface area (Å²) in [5, 5.41) is 6.97. The number of amides is 1. The van der Waals surface area contributed by atoms with Crippen LogP contribution in [0, 0.1) is 0 Å². The van der Waals surface area contributed by atoms with Crippen LogP contribution in [-0.4, -0.2) is 71.8 Å². The highest BCUT2D eigenvalue weighted by atomic mass is 79.9. The highest BCUT2D eigenvalue weighted by Gasteiger charge is 2.22. The second kappa shape index (κ2) is 9.32. The van der Waals surface area contributed by atoms with Crippen molar-refractivity contribution in [1.29, 1.82) is 0 Å². The number of halogens is 1. The highest BCUT2D eigenvalue weighted by Crippen LogP contribution is 2.38. The van der Waals surface area contributed by atoms with Crippen LogP contribution in [0.5, 0.6) is 11.5 Å². The van der Waals surface area contributed by atoms with Gasteiger partial charge in [0.05, 0.1) is 18.8 Å². The number of carbonyl (C=O) groups is 1. The van der Waals surface area contributed by atoms with Gasteiger partial charge in [-0.1, -0.05) is 19.0 Å². The van der Waals surface area contributed by atoms with E-state index < -0.39 is 0 Å². The Morgan fingerprint density at radius 1 is 1.13 bits per heavy atom. The van der Waals surface area contributed by atoms with Crippen LogP contribution in [0.15, 0.2) is 21.1 Å². The smallest absolute Gasteiger partial charge is 0.240 e. The van der Waals surface area contributed by atoms with Gasteiger partial charge in [-0.05, 0) is 15.9 Å². The Bertz CT molecular complexity index is 895. The van der Waals surface area contributed by atoms with Crippen LogP contribution < -0.4 is 14.8 Å². The summed E-state index contributed by atoms with van der Waals surface area (Å²) in [5.41, 5.74) is 0.681. The summed E-state index contributed by atoms with van der Waals surface area (Å²) < 4.78 is 17.3. The van der Waals surface area contributed by atoms with Crippen molar-refractivity contribution in [3.8, 4) is 11.5 Å². The van der Waals surface area contributed by atoms with Crippen LogP contribution in [0.4, 0.5) is 5.69 Å². The van der Waals surface area contributed by atoms with E-state index in [1.807, 2.05) is 19.9 Å². The number of fused-ring (bicyclic) bond motifs is 1. The summed E-state index contributed by atoms with van der Waals surface area (Å²) in [6, 6.07) is 3.62. The zero-order chi connectivity index (χ0) is 21.1. The predicted molar refractivity (Wildman–Crippen MR) is 114 cm³/mol. The zero-order valence-electron chi connectivity index (χ0n) is 17.2. The maximum absolute atomic E-state index is 12.5. The van der Waals surface area contributed by atoms with Crippen molar-refractivity contribution in [2.45, 2.75) is 26.3 Å². The van der Waals surface area contributed by atoms with Crippen molar-refractivity contribution in [3.05, 3.63) is 28.3 Å². The van der Waals surface area contributed by atoms with Crippen molar-refractivity contribution in [1.82, 2.24) is 19.9 Å². The fourth-order valence-corrected chi connectivity index (χ4v) is 3.84. The lowest BCUT2D eigenvalue weighted by molar-refractivity contribution is -0.117. The minimum absolute atomic E-state index is 0.0562. The van der Waals surface area contributed by atoms with Crippen LogP contribution in [0.1, 0.15) is 31.5 Å². The van der Waals surface area contributed by atoms with Gasteiger partial charge in [-0.2, -0.15) is 4.98 Å². The molecule has 0 radical (unpaired) electrons. The van der Waals surface area contributed by atoms with Gasteiger partial charge >= 0.3 is 0 Å². The number of nitrogens with zero attached hydrogens (tertiary/aromatic N) is 4. The number of piperazine rings is 1. The minimum Gasteiger partial charge on any atom is -0.486 e. The van der Waals surface area contributed by atoms with Crippen molar-refractivity contribution in [3.63, 3.8) is 0 Å². The van der Waals surface area contributed by atoms with E-state index in [2.05, 4.69) is 41.2 Å². The Morgan fingerprint density at radius 3 is 2.47 bits per heavy atom.